The first-order valence-corrected chi connectivity index (χ1v) is 9.66. The van der Waals surface area contributed by atoms with Crippen LogP contribution in [0.3, 0.4) is 0 Å². The second-order valence-electron chi connectivity index (χ2n) is 6.10. The van der Waals surface area contributed by atoms with Gasteiger partial charge in [0.25, 0.3) is 0 Å². The smallest absolute Gasteiger partial charge is 0.225 e. The minimum absolute atomic E-state index is 0.0897. The number of aliphatic hydroxyl groups excluding tert-OH is 1. The van der Waals surface area contributed by atoms with Gasteiger partial charge >= 0.3 is 0 Å². The van der Waals surface area contributed by atoms with Gasteiger partial charge in [0, 0.05) is 31.0 Å². The quantitative estimate of drug-likeness (QED) is 0.717. The van der Waals surface area contributed by atoms with Crippen molar-refractivity contribution in [3.63, 3.8) is 0 Å². The highest BCUT2D eigenvalue weighted by molar-refractivity contribution is 7.99. The van der Waals surface area contributed by atoms with E-state index in [0.717, 1.165) is 49.7 Å². The maximum atomic E-state index is 11.9. The van der Waals surface area contributed by atoms with Crippen molar-refractivity contribution in [3.8, 4) is 0 Å². The topological polar surface area (TPSA) is 52.6 Å². The van der Waals surface area contributed by atoms with E-state index in [1.54, 1.807) is 11.8 Å². The van der Waals surface area contributed by atoms with Gasteiger partial charge in [0.1, 0.15) is 0 Å². The number of carbonyl (C=O) groups excluding carboxylic acids is 1. The van der Waals surface area contributed by atoms with E-state index in [0.29, 0.717) is 18.9 Å². The number of carbonyl (C=O) groups is 1. The second kappa shape index (κ2) is 9.96. The molecule has 1 aromatic carbocycles. The Balaban J connectivity index is 1.81. The second-order valence-corrected chi connectivity index (χ2v) is 7.49. The van der Waals surface area contributed by atoms with Gasteiger partial charge in [0.15, 0.2) is 0 Å². The third-order valence-corrected chi connectivity index (χ3v) is 5.16. The minimum Gasteiger partial charge on any atom is -0.396 e. The number of nitrogens with one attached hydrogen (secondary N) is 1. The molecule has 4 nitrogen and oxygen atoms in total. The van der Waals surface area contributed by atoms with Crippen LogP contribution in [0, 0.1) is 5.92 Å². The molecular weight excluding hydrogens is 308 g/mol. The summed E-state index contributed by atoms with van der Waals surface area (Å²) < 4.78 is 0. The Kier molecular flexibility index (Phi) is 7.92. The zero-order valence-electron chi connectivity index (χ0n) is 14.0. The number of aliphatic hydroxyl groups is 1. The number of hydrogen-bond donors (Lipinski definition) is 2. The number of likely N-dealkylation sites (tertiary alicyclic amines) is 1. The molecule has 1 saturated heterocycles. The Morgan fingerprint density at radius 1 is 1.39 bits per heavy atom. The average Bonchev–Trinajstić information content (AvgIpc) is 2.56. The highest BCUT2D eigenvalue weighted by Gasteiger charge is 2.18. The lowest BCUT2D eigenvalue weighted by atomic mass is 9.97. The first-order valence-electron chi connectivity index (χ1n) is 8.51. The zero-order chi connectivity index (χ0) is 16.5. The summed E-state index contributed by atoms with van der Waals surface area (Å²) in [5.74, 6) is 2.49. The monoisotopic (exact) mass is 336 g/mol. The maximum absolute atomic E-state index is 11.9. The molecule has 0 spiro atoms. The van der Waals surface area contributed by atoms with Crippen molar-refractivity contribution in [1.29, 1.82) is 0 Å². The normalized spacial score (nSPS) is 16.4. The lowest BCUT2D eigenvalue weighted by Crippen LogP contribution is -2.34. The van der Waals surface area contributed by atoms with E-state index in [2.05, 4.69) is 29.3 Å². The summed E-state index contributed by atoms with van der Waals surface area (Å²) in [7, 11) is 0. The van der Waals surface area contributed by atoms with Crippen LogP contribution in [0.2, 0.25) is 0 Å². The van der Waals surface area contributed by atoms with Crippen molar-refractivity contribution in [2.24, 2.45) is 5.92 Å². The van der Waals surface area contributed by atoms with E-state index < -0.39 is 0 Å². The molecule has 1 fully saturated rings. The zero-order valence-corrected chi connectivity index (χ0v) is 14.8. The fraction of sp³-hybridized carbons (Fsp3) is 0.611. The molecule has 2 rings (SSSR count). The number of amides is 1. The third kappa shape index (κ3) is 6.53. The van der Waals surface area contributed by atoms with E-state index in [9.17, 15) is 9.90 Å². The molecule has 1 aromatic rings. The van der Waals surface area contributed by atoms with Gasteiger partial charge in [-0.2, -0.15) is 11.8 Å². The summed E-state index contributed by atoms with van der Waals surface area (Å²) in [6, 6.07) is 8.14. The summed E-state index contributed by atoms with van der Waals surface area (Å²) >= 11 is 1.79. The van der Waals surface area contributed by atoms with Gasteiger partial charge in [-0.15, -0.1) is 0 Å². The molecule has 2 N–H and O–H groups in total. The highest BCUT2D eigenvalue weighted by Crippen LogP contribution is 2.19. The van der Waals surface area contributed by atoms with Crippen LogP contribution >= 0.6 is 11.8 Å². The summed E-state index contributed by atoms with van der Waals surface area (Å²) in [6.07, 6.45) is 2.71. The number of thioether (sulfide) groups is 1. The van der Waals surface area contributed by atoms with Gasteiger partial charge in [-0.05, 0) is 55.3 Å². The average molecular weight is 337 g/mol. The summed E-state index contributed by atoms with van der Waals surface area (Å²) in [5, 5.41) is 12.2. The molecule has 0 radical (unpaired) electrons. The fourth-order valence-corrected chi connectivity index (χ4v) is 3.48. The predicted octanol–water partition coefficient (Wildman–Crippen LogP) is 2.97. The molecule has 0 aliphatic carbocycles. The summed E-state index contributed by atoms with van der Waals surface area (Å²) in [4.78, 5) is 14.3. The number of piperidine rings is 1. The molecule has 1 aliphatic heterocycles. The van der Waals surface area contributed by atoms with Gasteiger partial charge in [0.05, 0.1) is 0 Å². The Hall–Kier alpha value is -1.04. The van der Waals surface area contributed by atoms with Crippen molar-refractivity contribution in [3.05, 3.63) is 29.8 Å². The number of anilines is 1. The van der Waals surface area contributed by atoms with E-state index >= 15 is 0 Å². The van der Waals surface area contributed by atoms with Gasteiger partial charge in [-0.25, -0.2) is 0 Å². The van der Waals surface area contributed by atoms with Crippen molar-refractivity contribution in [2.45, 2.75) is 32.7 Å². The number of hydrogen-bond acceptors (Lipinski definition) is 4. The minimum atomic E-state index is 0.0897. The van der Waals surface area contributed by atoms with Crippen LogP contribution in [-0.2, 0) is 11.3 Å². The first kappa shape index (κ1) is 18.3. The lowest BCUT2D eigenvalue weighted by molar-refractivity contribution is -0.115. The largest absolute Gasteiger partial charge is 0.396 e. The Morgan fingerprint density at radius 2 is 2.17 bits per heavy atom. The molecule has 0 unspecified atom stereocenters. The highest BCUT2D eigenvalue weighted by atomic mass is 32.2. The summed E-state index contributed by atoms with van der Waals surface area (Å²) in [6.45, 7) is 5.40. The fourth-order valence-electron chi connectivity index (χ4n) is 2.87. The van der Waals surface area contributed by atoms with Gasteiger partial charge in [-0.3, -0.25) is 9.69 Å². The Morgan fingerprint density at radius 3 is 2.87 bits per heavy atom. The van der Waals surface area contributed by atoms with Crippen LogP contribution in [0.1, 0.15) is 31.7 Å². The van der Waals surface area contributed by atoms with Crippen LogP contribution in [0.5, 0.6) is 0 Å². The molecule has 0 bridgehead atoms. The molecule has 128 valence electrons. The van der Waals surface area contributed by atoms with Gasteiger partial charge in [-0.1, -0.05) is 19.1 Å². The SMILES string of the molecule is CCSCCC(=O)Nc1cccc(CN2CCC(CO)CC2)c1. The lowest BCUT2D eigenvalue weighted by Gasteiger charge is -2.31. The van der Waals surface area contributed by atoms with Crippen molar-refractivity contribution >= 4 is 23.4 Å². The molecule has 0 saturated carbocycles. The van der Waals surface area contributed by atoms with E-state index in [1.807, 2.05) is 12.1 Å². The maximum Gasteiger partial charge on any atom is 0.225 e. The van der Waals surface area contributed by atoms with Crippen molar-refractivity contribution < 1.29 is 9.90 Å². The standard InChI is InChI=1S/C18H28N2O2S/c1-2-23-11-8-18(22)19-17-5-3-4-16(12-17)13-20-9-6-15(14-21)7-10-20/h3-5,12,15,21H,2,6-11,13-14H2,1H3,(H,19,22). The van der Waals surface area contributed by atoms with E-state index in [1.165, 1.54) is 5.56 Å². The van der Waals surface area contributed by atoms with Crippen LogP contribution in [0.4, 0.5) is 5.69 Å². The Bertz CT molecular complexity index is 488. The van der Waals surface area contributed by atoms with Gasteiger partial charge < -0.3 is 10.4 Å². The van der Waals surface area contributed by atoms with Gasteiger partial charge in [0.2, 0.25) is 5.91 Å². The number of nitrogens with zero attached hydrogens (tertiary/aromatic N) is 1. The molecule has 1 aliphatic rings. The molecule has 1 amide bonds. The molecule has 0 aromatic heterocycles. The van der Waals surface area contributed by atoms with E-state index in [4.69, 9.17) is 0 Å². The van der Waals surface area contributed by atoms with Crippen molar-refractivity contribution in [2.75, 3.05) is 36.5 Å². The van der Waals surface area contributed by atoms with Crippen LogP contribution < -0.4 is 5.32 Å². The Labute approximate surface area is 143 Å². The molecule has 1 heterocycles. The first-order chi connectivity index (χ1) is 11.2. The third-order valence-electron chi connectivity index (χ3n) is 4.26. The van der Waals surface area contributed by atoms with Crippen molar-refractivity contribution in [1.82, 2.24) is 4.90 Å². The molecular formula is C18H28N2O2S. The molecule has 5 heteroatoms. The number of benzene rings is 1. The number of rotatable bonds is 8. The van der Waals surface area contributed by atoms with Crippen LogP contribution in [0.15, 0.2) is 24.3 Å². The predicted molar refractivity (Wildman–Crippen MR) is 97.8 cm³/mol. The van der Waals surface area contributed by atoms with Crippen LogP contribution in [-0.4, -0.2) is 47.1 Å². The molecule has 23 heavy (non-hydrogen) atoms. The van der Waals surface area contributed by atoms with Crippen LogP contribution in [0.25, 0.3) is 0 Å². The molecule has 0 atom stereocenters. The summed E-state index contributed by atoms with van der Waals surface area (Å²) in [5.41, 5.74) is 2.12. The van der Waals surface area contributed by atoms with E-state index in [-0.39, 0.29) is 5.91 Å².